The number of rotatable bonds is 5. The number of pyridine rings is 1. The fourth-order valence-electron chi connectivity index (χ4n) is 1.34. The van der Waals surface area contributed by atoms with Crippen LogP contribution in [0, 0.1) is 0 Å². The Morgan fingerprint density at radius 3 is 2.67 bits per heavy atom. The molecule has 0 fully saturated rings. The van der Waals surface area contributed by atoms with Gasteiger partial charge in [0.1, 0.15) is 5.82 Å². The van der Waals surface area contributed by atoms with Gasteiger partial charge in [0.2, 0.25) is 0 Å². The molecular weight excluding hydrogens is 192 g/mol. The zero-order valence-electron chi connectivity index (χ0n) is 9.03. The van der Waals surface area contributed by atoms with Crippen molar-refractivity contribution in [2.45, 2.75) is 32.7 Å². The van der Waals surface area contributed by atoms with E-state index in [9.17, 15) is 4.79 Å². The van der Waals surface area contributed by atoms with Crippen LogP contribution in [-0.4, -0.2) is 22.1 Å². The molecule has 4 heteroatoms. The van der Waals surface area contributed by atoms with E-state index in [0.717, 1.165) is 12.8 Å². The summed E-state index contributed by atoms with van der Waals surface area (Å²) in [5.74, 6) is -0.369. The molecule has 82 valence electrons. The van der Waals surface area contributed by atoms with E-state index in [2.05, 4.69) is 24.1 Å². The van der Waals surface area contributed by atoms with Crippen molar-refractivity contribution >= 4 is 11.8 Å². The number of carbonyl (C=O) groups is 1. The molecule has 0 aliphatic heterocycles. The lowest BCUT2D eigenvalue weighted by Crippen LogP contribution is -2.18. The van der Waals surface area contributed by atoms with Crippen LogP contribution >= 0.6 is 0 Å². The van der Waals surface area contributed by atoms with Crippen molar-refractivity contribution in [3.63, 3.8) is 0 Å². The summed E-state index contributed by atoms with van der Waals surface area (Å²) >= 11 is 0. The van der Waals surface area contributed by atoms with Crippen LogP contribution in [-0.2, 0) is 0 Å². The van der Waals surface area contributed by atoms with Gasteiger partial charge in [0, 0.05) is 6.04 Å². The molecule has 0 aliphatic rings. The Labute approximate surface area is 89.3 Å². The number of nitrogens with zero attached hydrogens (tertiary/aromatic N) is 1. The van der Waals surface area contributed by atoms with Gasteiger partial charge in [-0.3, -0.25) is 0 Å². The lowest BCUT2D eigenvalue weighted by Gasteiger charge is -2.15. The molecule has 4 nitrogen and oxygen atoms in total. The maximum absolute atomic E-state index is 10.7. The molecule has 0 aromatic carbocycles. The second kappa shape index (κ2) is 5.34. The summed E-state index contributed by atoms with van der Waals surface area (Å²) in [6.45, 7) is 4.17. The van der Waals surface area contributed by atoms with Gasteiger partial charge in [0.05, 0.1) is 0 Å². The third-order valence-electron chi connectivity index (χ3n) is 2.31. The van der Waals surface area contributed by atoms with Crippen LogP contribution in [0.15, 0.2) is 18.2 Å². The van der Waals surface area contributed by atoms with E-state index in [1.807, 2.05) is 0 Å². The predicted molar refractivity (Wildman–Crippen MR) is 59.2 cm³/mol. The summed E-state index contributed by atoms with van der Waals surface area (Å²) in [5.41, 5.74) is 0.0750. The van der Waals surface area contributed by atoms with Crippen LogP contribution in [0.3, 0.4) is 0 Å². The van der Waals surface area contributed by atoms with Crippen molar-refractivity contribution in [2.75, 3.05) is 5.32 Å². The van der Waals surface area contributed by atoms with Crippen LogP contribution < -0.4 is 5.32 Å². The van der Waals surface area contributed by atoms with E-state index in [4.69, 9.17) is 5.11 Å². The SMILES string of the molecule is CCC(CC)Nc1cccc(C(=O)O)n1. The number of carboxylic acids is 1. The summed E-state index contributed by atoms with van der Waals surface area (Å²) < 4.78 is 0. The van der Waals surface area contributed by atoms with Gasteiger partial charge >= 0.3 is 5.97 Å². The minimum atomic E-state index is -0.997. The number of hydrogen-bond donors (Lipinski definition) is 2. The highest BCUT2D eigenvalue weighted by molar-refractivity contribution is 5.85. The first-order valence-corrected chi connectivity index (χ1v) is 5.14. The Bertz CT molecular complexity index is 335. The van der Waals surface area contributed by atoms with E-state index in [1.165, 1.54) is 6.07 Å². The van der Waals surface area contributed by atoms with Gasteiger partial charge in [0.15, 0.2) is 5.69 Å². The minimum absolute atomic E-state index is 0.0750. The lowest BCUT2D eigenvalue weighted by atomic mass is 10.2. The number of hydrogen-bond acceptors (Lipinski definition) is 3. The molecule has 15 heavy (non-hydrogen) atoms. The second-order valence-corrected chi connectivity index (χ2v) is 3.37. The van der Waals surface area contributed by atoms with Gasteiger partial charge < -0.3 is 10.4 Å². The topological polar surface area (TPSA) is 62.2 Å². The van der Waals surface area contributed by atoms with Crippen LogP contribution in [0.25, 0.3) is 0 Å². The zero-order chi connectivity index (χ0) is 11.3. The molecule has 1 heterocycles. The molecule has 1 aromatic heterocycles. The first-order valence-electron chi connectivity index (χ1n) is 5.14. The van der Waals surface area contributed by atoms with Gasteiger partial charge in [-0.2, -0.15) is 0 Å². The van der Waals surface area contributed by atoms with E-state index >= 15 is 0 Å². The summed E-state index contributed by atoms with van der Waals surface area (Å²) in [5, 5.41) is 12.0. The highest BCUT2D eigenvalue weighted by atomic mass is 16.4. The Morgan fingerprint density at radius 2 is 2.13 bits per heavy atom. The molecule has 0 spiro atoms. The Morgan fingerprint density at radius 1 is 1.47 bits per heavy atom. The van der Waals surface area contributed by atoms with Crippen molar-refractivity contribution in [1.82, 2.24) is 4.98 Å². The third kappa shape index (κ3) is 3.23. The lowest BCUT2D eigenvalue weighted by molar-refractivity contribution is 0.0690. The molecule has 0 atom stereocenters. The fourth-order valence-corrected chi connectivity index (χ4v) is 1.34. The number of nitrogens with one attached hydrogen (secondary N) is 1. The zero-order valence-corrected chi connectivity index (χ0v) is 9.03. The Hall–Kier alpha value is -1.58. The molecule has 0 radical (unpaired) electrons. The second-order valence-electron chi connectivity index (χ2n) is 3.37. The van der Waals surface area contributed by atoms with E-state index in [0.29, 0.717) is 11.9 Å². The molecule has 0 bridgehead atoms. The van der Waals surface area contributed by atoms with Gasteiger partial charge in [-0.15, -0.1) is 0 Å². The minimum Gasteiger partial charge on any atom is -0.477 e. The molecule has 0 saturated heterocycles. The molecule has 0 amide bonds. The summed E-state index contributed by atoms with van der Waals surface area (Å²) in [4.78, 5) is 14.7. The maximum atomic E-state index is 10.7. The average molecular weight is 208 g/mol. The first kappa shape index (κ1) is 11.5. The third-order valence-corrected chi connectivity index (χ3v) is 2.31. The Kier molecular flexibility index (Phi) is 4.09. The predicted octanol–water partition coefficient (Wildman–Crippen LogP) is 2.38. The van der Waals surface area contributed by atoms with E-state index < -0.39 is 5.97 Å². The van der Waals surface area contributed by atoms with Crippen LogP contribution in [0.2, 0.25) is 0 Å². The van der Waals surface area contributed by atoms with Crippen LogP contribution in [0.1, 0.15) is 37.2 Å². The summed E-state index contributed by atoms with van der Waals surface area (Å²) in [6.07, 6.45) is 1.99. The Balaban J connectivity index is 2.77. The smallest absolute Gasteiger partial charge is 0.354 e. The summed E-state index contributed by atoms with van der Waals surface area (Å²) in [6, 6.07) is 5.31. The van der Waals surface area contributed by atoms with Crippen molar-refractivity contribution in [2.24, 2.45) is 0 Å². The van der Waals surface area contributed by atoms with E-state index in [1.54, 1.807) is 12.1 Å². The number of carboxylic acid groups (broad SMARTS) is 1. The molecule has 0 saturated carbocycles. The van der Waals surface area contributed by atoms with Gasteiger partial charge in [-0.25, -0.2) is 9.78 Å². The monoisotopic (exact) mass is 208 g/mol. The molecule has 0 unspecified atom stereocenters. The number of aromatic nitrogens is 1. The molecule has 1 aromatic rings. The quantitative estimate of drug-likeness (QED) is 0.779. The summed E-state index contributed by atoms with van der Waals surface area (Å²) in [7, 11) is 0. The largest absolute Gasteiger partial charge is 0.477 e. The number of aromatic carboxylic acids is 1. The molecule has 1 rings (SSSR count). The van der Waals surface area contributed by atoms with Crippen molar-refractivity contribution < 1.29 is 9.90 Å². The molecule has 0 aliphatic carbocycles. The van der Waals surface area contributed by atoms with Crippen LogP contribution in [0.5, 0.6) is 0 Å². The van der Waals surface area contributed by atoms with Gasteiger partial charge in [-0.05, 0) is 25.0 Å². The first-order chi connectivity index (χ1) is 7.17. The maximum Gasteiger partial charge on any atom is 0.354 e. The van der Waals surface area contributed by atoms with Crippen molar-refractivity contribution in [3.05, 3.63) is 23.9 Å². The molecular formula is C11H16N2O2. The normalized spacial score (nSPS) is 10.3. The molecule has 2 N–H and O–H groups in total. The van der Waals surface area contributed by atoms with Crippen LogP contribution in [0.4, 0.5) is 5.82 Å². The highest BCUT2D eigenvalue weighted by Gasteiger charge is 2.07. The van der Waals surface area contributed by atoms with Gasteiger partial charge in [0.25, 0.3) is 0 Å². The highest BCUT2D eigenvalue weighted by Crippen LogP contribution is 2.09. The average Bonchev–Trinajstić information content (AvgIpc) is 2.26. The van der Waals surface area contributed by atoms with Crippen molar-refractivity contribution in [1.29, 1.82) is 0 Å². The standard InChI is InChI=1S/C11H16N2O2/c1-3-8(4-2)12-10-7-5-6-9(13-10)11(14)15/h5-8H,3-4H2,1-2H3,(H,12,13)(H,14,15). The van der Waals surface area contributed by atoms with Gasteiger partial charge in [-0.1, -0.05) is 19.9 Å². The van der Waals surface area contributed by atoms with Crippen molar-refractivity contribution in [3.8, 4) is 0 Å². The van der Waals surface area contributed by atoms with E-state index in [-0.39, 0.29) is 5.69 Å². The fraction of sp³-hybridized carbons (Fsp3) is 0.455. The number of anilines is 1.